The van der Waals surface area contributed by atoms with Crippen molar-refractivity contribution in [1.29, 1.82) is 0 Å². The first-order chi connectivity index (χ1) is 15.0. The quantitative estimate of drug-likeness (QED) is 0.673. The summed E-state index contributed by atoms with van der Waals surface area (Å²) in [7, 11) is 0. The molecule has 0 saturated carbocycles. The SMILES string of the molecule is O=C(c1ccc2cccc(F)c2n1)N1CCC2(CC1)C[C@@H](O)C[C@H](c1ccccc1)O2. The molecule has 3 heterocycles. The van der Waals surface area contributed by atoms with Crippen LogP contribution in [0.4, 0.5) is 4.39 Å². The highest BCUT2D eigenvalue weighted by molar-refractivity contribution is 5.95. The van der Waals surface area contributed by atoms with Gasteiger partial charge < -0.3 is 14.7 Å². The van der Waals surface area contributed by atoms with Crippen LogP contribution in [-0.4, -0.2) is 45.7 Å². The maximum Gasteiger partial charge on any atom is 0.272 e. The molecule has 1 aromatic heterocycles. The second kappa shape index (κ2) is 8.02. The molecule has 1 amide bonds. The van der Waals surface area contributed by atoms with Crippen LogP contribution in [0.15, 0.2) is 60.7 Å². The predicted octanol–water partition coefficient (Wildman–Crippen LogP) is 4.26. The number of nitrogens with zero attached hydrogens (tertiary/aromatic N) is 2. The van der Waals surface area contributed by atoms with Crippen LogP contribution in [0.25, 0.3) is 10.9 Å². The molecule has 5 rings (SSSR count). The van der Waals surface area contributed by atoms with E-state index in [1.165, 1.54) is 6.07 Å². The summed E-state index contributed by atoms with van der Waals surface area (Å²) in [6, 6.07) is 18.1. The summed E-state index contributed by atoms with van der Waals surface area (Å²) in [4.78, 5) is 19.1. The third kappa shape index (κ3) is 3.93. The number of benzene rings is 2. The smallest absolute Gasteiger partial charge is 0.272 e. The molecule has 0 aliphatic carbocycles. The number of hydrogen-bond acceptors (Lipinski definition) is 4. The lowest BCUT2D eigenvalue weighted by Crippen LogP contribution is -2.52. The molecule has 2 aliphatic heterocycles. The lowest BCUT2D eigenvalue weighted by molar-refractivity contribution is -0.181. The highest BCUT2D eigenvalue weighted by atomic mass is 19.1. The minimum Gasteiger partial charge on any atom is -0.393 e. The van der Waals surface area contributed by atoms with Gasteiger partial charge in [-0.25, -0.2) is 9.37 Å². The molecule has 0 bridgehead atoms. The van der Waals surface area contributed by atoms with Crippen LogP contribution >= 0.6 is 0 Å². The molecular weight excluding hydrogens is 395 g/mol. The number of rotatable bonds is 2. The van der Waals surface area contributed by atoms with Crippen LogP contribution in [0.5, 0.6) is 0 Å². The predicted molar refractivity (Wildman–Crippen MR) is 115 cm³/mol. The van der Waals surface area contributed by atoms with Gasteiger partial charge in [-0.2, -0.15) is 0 Å². The Labute approximate surface area is 180 Å². The first-order valence-electron chi connectivity index (χ1n) is 10.8. The van der Waals surface area contributed by atoms with Gasteiger partial charge >= 0.3 is 0 Å². The first-order valence-corrected chi connectivity index (χ1v) is 10.8. The Balaban J connectivity index is 1.30. The number of aromatic nitrogens is 1. The number of carbonyl (C=O) groups excluding carboxylic acids is 1. The summed E-state index contributed by atoms with van der Waals surface area (Å²) >= 11 is 0. The Morgan fingerprint density at radius 2 is 1.84 bits per heavy atom. The Kier molecular flexibility index (Phi) is 5.20. The van der Waals surface area contributed by atoms with E-state index in [2.05, 4.69) is 4.98 Å². The molecule has 2 atom stereocenters. The van der Waals surface area contributed by atoms with E-state index in [-0.39, 0.29) is 23.2 Å². The average Bonchev–Trinajstić information content (AvgIpc) is 2.79. The first kappa shape index (κ1) is 20.1. The fraction of sp³-hybridized carbons (Fsp3) is 0.360. The Bertz CT molecular complexity index is 1100. The fourth-order valence-electron chi connectivity index (χ4n) is 4.86. The number of carbonyl (C=O) groups is 1. The average molecular weight is 420 g/mol. The molecule has 0 radical (unpaired) electrons. The van der Waals surface area contributed by atoms with Crippen molar-refractivity contribution < 1.29 is 19.0 Å². The van der Waals surface area contributed by atoms with Gasteiger partial charge in [-0.15, -0.1) is 0 Å². The van der Waals surface area contributed by atoms with Gasteiger partial charge in [-0.3, -0.25) is 4.79 Å². The molecule has 31 heavy (non-hydrogen) atoms. The Morgan fingerprint density at radius 3 is 2.61 bits per heavy atom. The molecule has 1 N–H and O–H groups in total. The van der Waals surface area contributed by atoms with Gasteiger partial charge in [0.1, 0.15) is 17.0 Å². The minimum absolute atomic E-state index is 0.141. The van der Waals surface area contributed by atoms with Crippen LogP contribution in [0.3, 0.4) is 0 Å². The van der Waals surface area contributed by atoms with Gasteiger partial charge in [0.15, 0.2) is 0 Å². The molecule has 3 aromatic rings. The van der Waals surface area contributed by atoms with Crippen LogP contribution in [0, 0.1) is 5.82 Å². The Hall–Kier alpha value is -2.83. The second-order valence-electron chi connectivity index (χ2n) is 8.59. The molecule has 160 valence electrons. The lowest BCUT2D eigenvalue weighted by atomic mass is 9.81. The molecule has 2 saturated heterocycles. The van der Waals surface area contributed by atoms with Gasteiger partial charge in [0.25, 0.3) is 5.91 Å². The normalized spacial score (nSPS) is 23.2. The molecule has 1 spiro atoms. The number of ether oxygens (including phenoxy) is 1. The summed E-state index contributed by atoms with van der Waals surface area (Å²) in [5.74, 6) is -0.628. The zero-order valence-electron chi connectivity index (χ0n) is 17.2. The van der Waals surface area contributed by atoms with Gasteiger partial charge in [-0.1, -0.05) is 48.5 Å². The van der Waals surface area contributed by atoms with E-state index in [4.69, 9.17) is 4.74 Å². The number of hydrogen-bond donors (Lipinski definition) is 1. The number of piperidine rings is 1. The number of fused-ring (bicyclic) bond motifs is 1. The second-order valence-corrected chi connectivity index (χ2v) is 8.59. The van der Waals surface area contributed by atoms with E-state index in [1.54, 1.807) is 29.2 Å². The largest absolute Gasteiger partial charge is 0.393 e. The maximum atomic E-state index is 14.1. The molecule has 2 fully saturated rings. The van der Waals surface area contributed by atoms with Crippen molar-refractivity contribution in [2.75, 3.05) is 13.1 Å². The van der Waals surface area contributed by atoms with Crippen molar-refractivity contribution in [3.63, 3.8) is 0 Å². The highest BCUT2D eigenvalue weighted by Gasteiger charge is 2.44. The summed E-state index contributed by atoms with van der Waals surface area (Å²) in [5, 5.41) is 11.2. The number of amides is 1. The summed E-state index contributed by atoms with van der Waals surface area (Å²) in [6.45, 7) is 1.04. The zero-order valence-corrected chi connectivity index (χ0v) is 17.2. The summed E-state index contributed by atoms with van der Waals surface area (Å²) in [5.41, 5.74) is 1.10. The van der Waals surface area contributed by atoms with Crippen molar-refractivity contribution in [2.45, 2.75) is 43.5 Å². The number of pyridine rings is 1. The molecule has 6 heteroatoms. The van der Waals surface area contributed by atoms with Crippen molar-refractivity contribution in [3.05, 3.63) is 77.7 Å². The van der Waals surface area contributed by atoms with Gasteiger partial charge in [-0.05, 0) is 30.5 Å². The topological polar surface area (TPSA) is 62.7 Å². The van der Waals surface area contributed by atoms with E-state index in [1.807, 2.05) is 30.3 Å². The van der Waals surface area contributed by atoms with Crippen molar-refractivity contribution in [1.82, 2.24) is 9.88 Å². The number of likely N-dealkylation sites (tertiary alicyclic amines) is 1. The van der Waals surface area contributed by atoms with Crippen LogP contribution in [0.2, 0.25) is 0 Å². The molecule has 5 nitrogen and oxygen atoms in total. The van der Waals surface area contributed by atoms with E-state index in [0.717, 1.165) is 5.56 Å². The zero-order chi connectivity index (χ0) is 21.4. The minimum atomic E-state index is -0.433. The summed E-state index contributed by atoms with van der Waals surface area (Å²) in [6.07, 6.45) is 1.91. The van der Waals surface area contributed by atoms with Crippen molar-refractivity contribution in [3.8, 4) is 0 Å². The molecule has 2 aromatic carbocycles. The number of halogens is 1. The van der Waals surface area contributed by atoms with E-state index in [0.29, 0.717) is 44.2 Å². The van der Waals surface area contributed by atoms with Gasteiger partial charge in [0.2, 0.25) is 0 Å². The van der Waals surface area contributed by atoms with Gasteiger partial charge in [0, 0.05) is 31.3 Å². The Morgan fingerprint density at radius 1 is 1.06 bits per heavy atom. The third-order valence-corrected chi connectivity index (χ3v) is 6.51. The van der Waals surface area contributed by atoms with E-state index in [9.17, 15) is 14.3 Å². The van der Waals surface area contributed by atoms with E-state index < -0.39 is 17.5 Å². The number of aliphatic hydroxyl groups excluding tert-OH is 1. The number of aliphatic hydroxyl groups is 1. The molecular formula is C25H25FN2O3. The summed E-state index contributed by atoms with van der Waals surface area (Å²) < 4.78 is 20.6. The van der Waals surface area contributed by atoms with E-state index >= 15 is 0 Å². The van der Waals surface area contributed by atoms with Crippen molar-refractivity contribution in [2.24, 2.45) is 0 Å². The monoisotopic (exact) mass is 420 g/mol. The van der Waals surface area contributed by atoms with Crippen molar-refractivity contribution >= 4 is 16.8 Å². The lowest BCUT2D eigenvalue weighted by Gasteiger charge is -2.48. The van der Waals surface area contributed by atoms with Crippen LogP contribution in [-0.2, 0) is 4.74 Å². The van der Waals surface area contributed by atoms with Crippen LogP contribution in [0.1, 0.15) is 47.8 Å². The highest BCUT2D eigenvalue weighted by Crippen LogP contribution is 2.43. The standard InChI is InChI=1S/C25H25FN2O3/c26-20-8-4-7-18-9-10-21(27-23(18)20)24(30)28-13-11-25(12-14-28)16-19(29)15-22(31-25)17-5-2-1-3-6-17/h1-10,19,22,29H,11-16H2/t19-,22+/m0/s1. The number of para-hydroxylation sites is 1. The van der Waals surface area contributed by atoms with Crippen LogP contribution < -0.4 is 0 Å². The molecule has 0 unspecified atom stereocenters. The van der Waals surface area contributed by atoms with Gasteiger partial charge in [0.05, 0.1) is 17.8 Å². The maximum absolute atomic E-state index is 14.1. The molecule has 2 aliphatic rings. The third-order valence-electron chi connectivity index (χ3n) is 6.51. The fourth-order valence-corrected chi connectivity index (χ4v) is 4.86.